The summed E-state index contributed by atoms with van der Waals surface area (Å²) >= 11 is 0. The molecular weight excluding hydrogens is 142 g/mol. The van der Waals surface area contributed by atoms with E-state index < -0.39 is 0 Å². The summed E-state index contributed by atoms with van der Waals surface area (Å²) in [7, 11) is 0. The molecule has 64 valence electrons. The zero-order valence-electron chi connectivity index (χ0n) is 6.60. The third-order valence-electron chi connectivity index (χ3n) is 1.86. The molecule has 4 N–H and O–H groups in total. The fourth-order valence-corrected chi connectivity index (χ4v) is 1.23. The van der Waals surface area contributed by atoms with Crippen LogP contribution in [-0.4, -0.2) is 25.2 Å². The summed E-state index contributed by atoms with van der Waals surface area (Å²) in [6, 6.07) is 0.340. The smallest absolute Gasteiger partial charge is 0.222 e. The Balaban J connectivity index is 2.17. The summed E-state index contributed by atoms with van der Waals surface area (Å²) in [5, 5.41) is 5.90. The van der Waals surface area contributed by atoms with Gasteiger partial charge in [-0.1, -0.05) is 0 Å². The van der Waals surface area contributed by atoms with Gasteiger partial charge in [-0.2, -0.15) is 0 Å². The number of rotatable bonds is 3. The van der Waals surface area contributed by atoms with Gasteiger partial charge < -0.3 is 11.1 Å². The van der Waals surface area contributed by atoms with E-state index in [-0.39, 0.29) is 5.91 Å². The lowest BCUT2D eigenvalue weighted by Gasteiger charge is -2.23. The molecule has 1 amide bonds. The molecule has 1 atom stereocenters. The zero-order chi connectivity index (χ0) is 8.10. The van der Waals surface area contributed by atoms with Crippen LogP contribution >= 0.6 is 0 Å². The number of hydrogen-bond acceptors (Lipinski definition) is 3. The molecule has 1 aliphatic rings. The highest BCUT2D eigenvalue weighted by Crippen LogP contribution is 2.03. The molecule has 0 aliphatic carbocycles. The van der Waals surface area contributed by atoms with Crippen molar-refractivity contribution in [3.63, 3.8) is 0 Å². The molecule has 1 aliphatic heterocycles. The Labute approximate surface area is 66.5 Å². The molecule has 0 aromatic rings. The Morgan fingerprint density at radius 1 is 1.64 bits per heavy atom. The number of carbonyl (C=O) groups excluding carboxylic acids is 1. The Kier molecular flexibility index (Phi) is 3.32. The molecule has 0 saturated carbocycles. The average molecular weight is 157 g/mol. The SMILES string of the molecule is NCCC[C@H]1CC(=O)NCN1. The van der Waals surface area contributed by atoms with Gasteiger partial charge in [0.2, 0.25) is 5.91 Å². The van der Waals surface area contributed by atoms with Crippen LogP contribution in [0.1, 0.15) is 19.3 Å². The molecule has 4 heteroatoms. The molecule has 0 bridgehead atoms. The molecule has 4 nitrogen and oxygen atoms in total. The molecule has 1 fully saturated rings. The van der Waals surface area contributed by atoms with E-state index in [1.807, 2.05) is 0 Å². The van der Waals surface area contributed by atoms with Crippen molar-refractivity contribution >= 4 is 5.91 Å². The lowest BCUT2D eigenvalue weighted by atomic mass is 10.1. The van der Waals surface area contributed by atoms with Gasteiger partial charge in [0.05, 0.1) is 6.67 Å². The van der Waals surface area contributed by atoms with Crippen LogP contribution in [0.25, 0.3) is 0 Å². The second kappa shape index (κ2) is 4.31. The summed E-state index contributed by atoms with van der Waals surface area (Å²) in [5.41, 5.74) is 5.35. The van der Waals surface area contributed by atoms with Crippen LogP contribution in [0.15, 0.2) is 0 Å². The van der Waals surface area contributed by atoms with Gasteiger partial charge in [-0.05, 0) is 19.4 Å². The standard InChI is InChI=1S/C7H15N3O/c8-3-1-2-6-4-7(11)10-5-9-6/h6,9H,1-5,8H2,(H,10,11)/t6-/m0/s1. The minimum atomic E-state index is 0.144. The minimum Gasteiger partial charge on any atom is -0.343 e. The number of amides is 1. The topological polar surface area (TPSA) is 67.2 Å². The maximum Gasteiger partial charge on any atom is 0.222 e. The second-order valence-corrected chi connectivity index (χ2v) is 2.81. The van der Waals surface area contributed by atoms with E-state index in [2.05, 4.69) is 10.6 Å². The minimum absolute atomic E-state index is 0.144. The van der Waals surface area contributed by atoms with Crippen molar-refractivity contribution < 1.29 is 4.79 Å². The number of hydrogen-bond donors (Lipinski definition) is 3. The quantitative estimate of drug-likeness (QED) is 0.500. The van der Waals surface area contributed by atoms with Gasteiger partial charge in [-0.3, -0.25) is 10.1 Å². The van der Waals surface area contributed by atoms with Gasteiger partial charge >= 0.3 is 0 Å². The van der Waals surface area contributed by atoms with E-state index in [0.717, 1.165) is 12.8 Å². The molecule has 0 radical (unpaired) electrons. The molecule has 0 aromatic carbocycles. The van der Waals surface area contributed by atoms with Crippen LogP contribution in [0.3, 0.4) is 0 Å². The van der Waals surface area contributed by atoms with Crippen molar-refractivity contribution in [3.8, 4) is 0 Å². The highest BCUT2D eigenvalue weighted by molar-refractivity contribution is 5.77. The lowest BCUT2D eigenvalue weighted by Crippen LogP contribution is -2.48. The van der Waals surface area contributed by atoms with Crippen LogP contribution < -0.4 is 16.4 Å². The third-order valence-corrected chi connectivity index (χ3v) is 1.86. The van der Waals surface area contributed by atoms with Gasteiger partial charge in [0.25, 0.3) is 0 Å². The fraction of sp³-hybridized carbons (Fsp3) is 0.857. The Morgan fingerprint density at radius 2 is 2.45 bits per heavy atom. The molecule has 0 unspecified atom stereocenters. The van der Waals surface area contributed by atoms with Crippen LogP contribution in [-0.2, 0) is 4.79 Å². The van der Waals surface area contributed by atoms with Crippen molar-refractivity contribution in [2.24, 2.45) is 5.73 Å². The molecule has 1 rings (SSSR count). The van der Waals surface area contributed by atoms with E-state index in [4.69, 9.17) is 5.73 Å². The van der Waals surface area contributed by atoms with E-state index in [0.29, 0.717) is 25.7 Å². The maximum absolute atomic E-state index is 10.9. The van der Waals surface area contributed by atoms with Gasteiger partial charge in [0.15, 0.2) is 0 Å². The second-order valence-electron chi connectivity index (χ2n) is 2.81. The lowest BCUT2D eigenvalue weighted by molar-refractivity contribution is -0.123. The monoisotopic (exact) mass is 157 g/mol. The first kappa shape index (κ1) is 8.49. The van der Waals surface area contributed by atoms with E-state index in [9.17, 15) is 4.79 Å². The largest absolute Gasteiger partial charge is 0.343 e. The van der Waals surface area contributed by atoms with E-state index in [1.165, 1.54) is 0 Å². The predicted octanol–water partition coefficient (Wildman–Crippen LogP) is -0.839. The van der Waals surface area contributed by atoms with Crippen molar-refractivity contribution in [1.29, 1.82) is 0 Å². The van der Waals surface area contributed by atoms with Gasteiger partial charge in [-0.25, -0.2) is 0 Å². The van der Waals surface area contributed by atoms with Crippen LogP contribution in [0.5, 0.6) is 0 Å². The first-order valence-electron chi connectivity index (χ1n) is 4.03. The molecule has 11 heavy (non-hydrogen) atoms. The summed E-state index contributed by atoms with van der Waals surface area (Å²) in [6.45, 7) is 1.31. The van der Waals surface area contributed by atoms with Crippen LogP contribution in [0.2, 0.25) is 0 Å². The van der Waals surface area contributed by atoms with E-state index >= 15 is 0 Å². The average Bonchev–Trinajstić information content (AvgIpc) is 2.01. The third kappa shape index (κ3) is 2.86. The van der Waals surface area contributed by atoms with Crippen molar-refractivity contribution in [2.45, 2.75) is 25.3 Å². The zero-order valence-corrected chi connectivity index (χ0v) is 6.60. The molecule has 0 aromatic heterocycles. The number of nitrogens with one attached hydrogen (secondary N) is 2. The predicted molar refractivity (Wildman–Crippen MR) is 42.8 cm³/mol. The highest BCUT2D eigenvalue weighted by Gasteiger charge is 2.16. The summed E-state index contributed by atoms with van der Waals surface area (Å²) in [4.78, 5) is 10.9. The van der Waals surface area contributed by atoms with Gasteiger partial charge in [0.1, 0.15) is 0 Å². The van der Waals surface area contributed by atoms with Crippen molar-refractivity contribution in [2.75, 3.05) is 13.2 Å². The molecule has 0 spiro atoms. The Hall–Kier alpha value is -0.610. The fourth-order valence-electron chi connectivity index (χ4n) is 1.23. The van der Waals surface area contributed by atoms with Crippen LogP contribution in [0, 0.1) is 0 Å². The first-order chi connectivity index (χ1) is 5.33. The molecular formula is C7H15N3O. The normalized spacial score (nSPS) is 24.8. The highest BCUT2D eigenvalue weighted by atomic mass is 16.1. The van der Waals surface area contributed by atoms with Gasteiger partial charge in [0, 0.05) is 12.5 Å². The Morgan fingerprint density at radius 3 is 3.09 bits per heavy atom. The van der Waals surface area contributed by atoms with Crippen molar-refractivity contribution in [1.82, 2.24) is 10.6 Å². The number of carbonyl (C=O) groups is 1. The van der Waals surface area contributed by atoms with Crippen LogP contribution in [0.4, 0.5) is 0 Å². The molecule has 1 heterocycles. The van der Waals surface area contributed by atoms with Gasteiger partial charge in [-0.15, -0.1) is 0 Å². The summed E-state index contributed by atoms with van der Waals surface area (Å²) in [5.74, 6) is 0.144. The maximum atomic E-state index is 10.9. The first-order valence-corrected chi connectivity index (χ1v) is 4.03. The van der Waals surface area contributed by atoms with E-state index in [1.54, 1.807) is 0 Å². The Bertz CT molecular complexity index is 138. The van der Waals surface area contributed by atoms with Crippen molar-refractivity contribution in [3.05, 3.63) is 0 Å². The summed E-state index contributed by atoms with van der Waals surface area (Å²) in [6.07, 6.45) is 2.59. The number of nitrogens with two attached hydrogens (primary N) is 1. The summed E-state index contributed by atoms with van der Waals surface area (Å²) < 4.78 is 0. The molecule has 1 saturated heterocycles.